The Morgan fingerprint density at radius 2 is 1.89 bits per heavy atom. The zero-order valence-electron chi connectivity index (χ0n) is 12.0. The Labute approximate surface area is 116 Å². The molecule has 0 aromatic rings. The van der Waals surface area contributed by atoms with E-state index in [1.165, 1.54) is 51.2 Å². The Balaban J connectivity index is 1.68. The van der Waals surface area contributed by atoms with Gasteiger partial charge in [-0.15, -0.1) is 0 Å². The molecule has 1 heterocycles. The Hall–Kier alpha value is -0.410. The second-order valence-corrected chi connectivity index (χ2v) is 6.77. The molecule has 3 nitrogen and oxygen atoms in total. The van der Waals surface area contributed by atoms with Crippen LogP contribution in [0.2, 0.25) is 0 Å². The molecule has 19 heavy (non-hydrogen) atoms. The lowest BCUT2D eigenvalue weighted by Gasteiger charge is -2.47. The topological polar surface area (TPSA) is 29.5 Å². The molecule has 2 aliphatic carbocycles. The first-order chi connectivity index (χ1) is 9.33. The van der Waals surface area contributed by atoms with Crippen molar-refractivity contribution in [1.29, 1.82) is 0 Å². The summed E-state index contributed by atoms with van der Waals surface area (Å²) in [6.45, 7) is 2.87. The van der Waals surface area contributed by atoms with Crippen LogP contribution in [-0.4, -0.2) is 43.0 Å². The SMILES string of the molecule is O=CC1(CN2CCOC3CCCCC32)CCCCC1. The number of carbonyl (C=O) groups is 1. The number of hydrogen-bond acceptors (Lipinski definition) is 3. The molecule has 0 aromatic carbocycles. The number of fused-ring (bicyclic) bond motifs is 1. The molecule has 2 unspecified atom stereocenters. The Bertz CT molecular complexity index is 310. The third-order valence-corrected chi connectivity index (χ3v) is 5.46. The van der Waals surface area contributed by atoms with E-state index in [1.807, 2.05) is 0 Å². The molecule has 2 atom stereocenters. The maximum Gasteiger partial charge on any atom is 0.127 e. The highest BCUT2D eigenvalue weighted by atomic mass is 16.5. The van der Waals surface area contributed by atoms with E-state index < -0.39 is 0 Å². The van der Waals surface area contributed by atoms with Gasteiger partial charge in [0.05, 0.1) is 12.7 Å². The van der Waals surface area contributed by atoms with Gasteiger partial charge in [0, 0.05) is 24.5 Å². The van der Waals surface area contributed by atoms with E-state index in [0.29, 0.717) is 12.1 Å². The molecule has 2 saturated carbocycles. The molecule has 0 aromatic heterocycles. The number of aldehydes is 1. The van der Waals surface area contributed by atoms with Crippen molar-refractivity contribution in [3.05, 3.63) is 0 Å². The van der Waals surface area contributed by atoms with Crippen molar-refractivity contribution in [2.75, 3.05) is 19.7 Å². The molecule has 0 bridgehead atoms. The van der Waals surface area contributed by atoms with Crippen LogP contribution in [0.4, 0.5) is 0 Å². The van der Waals surface area contributed by atoms with Crippen molar-refractivity contribution in [2.45, 2.75) is 69.9 Å². The van der Waals surface area contributed by atoms with Gasteiger partial charge in [0.25, 0.3) is 0 Å². The molecular formula is C16H27NO2. The summed E-state index contributed by atoms with van der Waals surface area (Å²) in [7, 11) is 0. The van der Waals surface area contributed by atoms with Crippen LogP contribution in [0.5, 0.6) is 0 Å². The molecule has 1 saturated heterocycles. The number of nitrogens with zero attached hydrogens (tertiary/aromatic N) is 1. The van der Waals surface area contributed by atoms with Gasteiger partial charge in [-0.2, -0.15) is 0 Å². The van der Waals surface area contributed by atoms with E-state index in [0.717, 1.165) is 32.5 Å². The third-order valence-electron chi connectivity index (χ3n) is 5.46. The third kappa shape index (κ3) is 2.87. The van der Waals surface area contributed by atoms with Gasteiger partial charge in [0.15, 0.2) is 0 Å². The minimum Gasteiger partial charge on any atom is -0.375 e. The largest absolute Gasteiger partial charge is 0.375 e. The summed E-state index contributed by atoms with van der Waals surface area (Å²) in [5, 5.41) is 0. The average Bonchev–Trinajstić information content (AvgIpc) is 2.49. The highest BCUT2D eigenvalue weighted by molar-refractivity contribution is 5.60. The van der Waals surface area contributed by atoms with Crippen LogP contribution in [-0.2, 0) is 9.53 Å². The summed E-state index contributed by atoms with van der Waals surface area (Å²) in [6, 6.07) is 0.584. The fraction of sp³-hybridized carbons (Fsp3) is 0.938. The molecular weight excluding hydrogens is 238 g/mol. The summed E-state index contributed by atoms with van der Waals surface area (Å²) >= 11 is 0. The fourth-order valence-corrected chi connectivity index (χ4v) is 4.35. The molecule has 3 heteroatoms. The van der Waals surface area contributed by atoms with Crippen LogP contribution in [0.25, 0.3) is 0 Å². The molecule has 0 spiro atoms. The highest BCUT2D eigenvalue weighted by Gasteiger charge is 2.40. The van der Waals surface area contributed by atoms with Gasteiger partial charge >= 0.3 is 0 Å². The summed E-state index contributed by atoms with van der Waals surface area (Å²) in [5.74, 6) is 0. The van der Waals surface area contributed by atoms with E-state index >= 15 is 0 Å². The highest BCUT2D eigenvalue weighted by Crippen LogP contribution is 2.38. The van der Waals surface area contributed by atoms with Crippen LogP contribution >= 0.6 is 0 Å². The predicted octanol–water partition coefficient (Wildman–Crippen LogP) is 2.78. The van der Waals surface area contributed by atoms with Gasteiger partial charge in [-0.25, -0.2) is 0 Å². The van der Waals surface area contributed by atoms with Gasteiger partial charge in [-0.1, -0.05) is 32.1 Å². The molecule has 0 N–H and O–H groups in total. The minimum absolute atomic E-state index is 0.0441. The smallest absolute Gasteiger partial charge is 0.127 e. The fourth-order valence-electron chi connectivity index (χ4n) is 4.35. The summed E-state index contributed by atoms with van der Waals surface area (Å²) in [4.78, 5) is 14.2. The van der Waals surface area contributed by atoms with E-state index in [2.05, 4.69) is 4.90 Å². The Morgan fingerprint density at radius 3 is 2.68 bits per heavy atom. The van der Waals surface area contributed by atoms with Crippen molar-refractivity contribution in [3.63, 3.8) is 0 Å². The van der Waals surface area contributed by atoms with Crippen molar-refractivity contribution >= 4 is 6.29 Å². The van der Waals surface area contributed by atoms with Gasteiger partial charge in [0.1, 0.15) is 6.29 Å². The number of morpholine rings is 1. The molecule has 0 radical (unpaired) electrons. The summed E-state index contributed by atoms with van der Waals surface area (Å²) in [5.41, 5.74) is -0.0441. The minimum atomic E-state index is -0.0441. The molecule has 3 fully saturated rings. The summed E-state index contributed by atoms with van der Waals surface area (Å²) < 4.78 is 5.94. The molecule has 1 aliphatic heterocycles. The zero-order valence-corrected chi connectivity index (χ0v) is 12.0. The van der Waals surface area contributed by atoms with E-state index in [9.17, 15) is 4.79 Å². The molecule has 3 aliphatic rings. The van der Waals surface area contributed by atoms with Crippen LogP contribution in [0, 0.1) is 5.41 Å². The first-order valence-corrected chi connectivity index (χ1v) is 8.15. The number of carbonyl (C=O) groups excluding carboxylic acids is 1. The molecule has 108 valence electrons. The van der Waals surface area contributed by atoms with Crippen LogP contribution < -0.4 is 0 Å². The van der Waals surface area contributed by atoms with Crippen LogP contribution in [0.15, 0.2) is 0 Å². The number of ether oxygens (including phenoxy) is 1. The van der Waals surface area contributed by atoms with Crippen LogP contribution in [0.3, 0.4) is 0 Å². The molecule has 0 amide bonds. The standard InChI is InChI=1S/C16H27NO2/c18-13-16(8-4-1-5-9-16)12-17-10-11-19-15-7-3-2-6-14(15)17/h13-15H,1-12H2. The van der Waals surface area contributed by atoms with Gasteiger partial charge in [0.2, 0.25) is 0 Å². The number of hydrogen-bond donors (Lipinski definition) is 0. The summed E-state index contributed by atoms with van der Waals surface area (Å²) in [6.07, 6.45) is 12.8. The van der Waals surface area contributed by atoms with Gasteiger partial charge < -0.3 is 9.53 Å². The van der Waals surface area contributed by atoms with Crippen molar-refractivity contribution in [1.82, 2.24) is 4.90 Å². The number of rotatable bonds is 3. The lowest BCUT2D eigenvalue weighted by molar-refractivity contribution is -0.127. The van der Waals surface area contributed by atoms with E-state index in [4.69, 9.17) is 4.74 Å². The second-order valence-electron chi connectivity index (χ2n) is 6.77. The zero-order chi connectivity index (χ0) is 13.1. The van der Waals surface area contributed by atoms with Gasteiger partial charge in [-0.3, -0.25) is 4.90 Å². The van der Waals surface area contributed by atoms with Gasteiger partial charge in [-0.05, 0) is 25.7 Å². The van der Waals surface area contributed by atoms with Crippen molar-refractivity contribution in [2.24, 2.45) is 5.41 Å². The lowest BCUT2D eigenvalue weighted by Crippen LogP contribution is -2.56. The van der Waals surface area contributed by atoms with Crippen molar-refractivity contribution < 1.29 is 9.53 Å². The Kier molecular flexibility index (Phi) is 4.23. The maximum atomic E-state index is 11.7. The normalized spacial score (nSPS) is 35.6. The van der Waals surface area contributed by atoms with Crippen molar-refractivity contribution in [3.8, 4) is 0 Å². The average molecular weight is 265 g/mol. The maximum absolute atomic E-state index is 11.7. The van der Waals surface area contributed by atoms with E-state index in [-0.39, 0.29) is 5.41 Å². The quantitative estimate of drug-likeness (QED) is 0.735. The predicted molar refractivity (Wildman–Crippen MR) is 75.2 cm³/mol. The lowest BCUT2D eigenvalue weighted by atomic mass is 9.74. The second kappa shape index (κ2) is 5.92. The van der Waals surface area contributed by atoms with E-state index in [1.54, 1.807) is 0 Å². The molecule has 3 rings (SSSR count). The Morgan fingerprint density at radius 1 is 1.11 bits per heavy atom. The first-order valence-electron chi connectivity index (χ1n) is 8.15. The monoisotopic (exact) mass is 265 g/mol. The van der Waals surface area contributed by atoms with Crippen LogP contribution in [0.1, 0.15) is 57.8 Å². The first kappa shape index (κ1) is 13.6.